The topological polar surface area (TPSA) is 109 Å². The van der Waals surface area contributed by atoms with Gasteiger partial charge in [0.1, 0.15) is 23.1 Å². The lowest BCUT2D eigenvalue weighted by molar-refractivity contribution is -0.125. The Hall–Kier alpha value is -3.89. The first-order valence-electron chi connectivity index (χ1n) is 15.1. The molecule has 2 amide bonds. The van der Waals surface area contributed by atoms with E-state index in [-0.39, 0.29) is 30.5 Å². The number of aromatic nitrogens is 2. The van der Waals surface area contributed by atoms with Crippen molar-refractivity contribution in [3.63, 3.8) is 0 Å². The SMILES string of the molecule is CCc1nc(CN2CC[C@@H]3NC(=O)CN(C)C(=O)c4cc(OCC(C)C)cc(c4)Oc4cccc(c4)CO[C@H]3C2)c(C)[nH]1. The fourth-order valence-electron chi connectivity index (χ4n) is 5.45. The first-order chi connectivity index (χ1) is 20.7. The number of H-pyrrole nitrogens is 1. The lowest BCUT2D eigenvalue weighted by Crippen LogP contribution is -2.56. The van der Waals surface area contributed by atoms with Crippen LogP contribution in [0.2, 0.25) is 0 Å². The van der Waals surface area contributed by atoms with Crippen LogP contribution in [0.3, 0.4) is 0 Å². The number of carbonyl (C=O) groups excluding carboxylic acids is 2. The van der Waals surface area contributed by atoms with Crippen molar-refractivity contribution >= 4 is 11.8 Å². The quantitative estimate of drug-likeness (QED) is 0.437. The summed E-state index contributed by atoms with van der Waals surface area (Å²) in [5, 5.41) is 3.16. The van der Waals surface area contributed by atoms with Crippen LogP contribution in [0.15, 0.2) is 42.5 Å². The number of likely N-dealkylation sites (tertiary alicyclic amines) is 1. The van der Waals surface area contributed by atoms with Crippen molar-refractivity contribution in [1.82, 2.24) is 25.1 Å². The third kappa shape index (κ3) is 7.94. The zero-order chi connectivity index (χ0) is 30.5. The molecule has 230 valence electrons. The summed E-state index contributed by atoms with van der Waals surface area (Å²) in [6, 6.07) is 12.7. The van der Waals surface area contributed by atoms with Gasteiger partial charge in [-0.1, -0.05) is 32.9 Å². The minimum Gasteiger partial charge on any atom is -0.493 e. The van der Waals surface area contributed by atoms with E-state index in [9.17, 15) is 9.59 Å². The zero-order valence-electron chi connectivity index (χ0n) is 25.8. The third-order valence-electron chi connectivity index (χ3n) is 7.77. The molecule has 5 rings (SSSR count). The summed E-state index contributed by atoms with van der Waals surface area (Å²) in [5.41, 5.74) is 3.47. The van der Waals surface area contributed by atoms with E-state index in [4.69, 9.17) is 19.2 Å². The minimum atomic E-state index is -0.292. The molecule has 2 aliphatic rings. The van der Waals surface area contributed by atoms with Crippen LogP contribution in [0.1, 0.15) is 60.3 Å². The average Bonchev–Trinajstić information content (AvgIpc) is 3.34. The van der Waals surface area contributed by atoms with Crippen molar-refractivity contribution in [2.24, 2.45) is 5.92 Å². The number of imidazole rings is 1. The van der Waals surface area contributed by atoms with E-state index in [2.05, 4.69) is 42.9 Å². The normalized spacial score (nSPS) is 20.0. The Kier molecular flexibility index (Phi) is 9.67. The number of likely N-dealkylation sites (N-methyl/N-ethyl adjacent to an activating group) is 1. The van der Waals surface area contributed by atoms with Crippen LogP contribution in [0.4, 0.5) is 0 Å². The summed E-state index contributed by atoms with van der Waals surface area (Å²) in [6.07, 6.45) is 1.34. The second-order valence-electron chi connectivity index (χ2n) is 12.0. The van der Waals surface area contributed by atoms with Crippen LogP contribution < -0.4 is 14.8 Å². The predicted molar refractivity (Wildman–Crippen MR) is 163 cm³/mol. The van der Waals surface area contributed by atoms with Crippen LogP contribution in [-0.4, -0.2) is 77.0 Å². The highest BCUT2D eigenvalue weighted by Crippen LogP contribution is 2.30. The van der Waals surface area contributed by atoms with Gasteiger partial charge >= 0.3 is 0 Å². The highest BCUT2D eigenvalue weighted by Gasteiger charge is 2.32. The molecular formula is C33H43N5O5. The maximum Gasteiger partial charge on any atom is 0.254 e. The number of fused-ring (bicyclic) bond motifs is 5. The largest absolute Gasteiger partial charge is 0.493 e. The van der Waals surface area contributed by atoms with E-state index >= 15 is 0 Å². The van der Waals surface area contributed by atoms with Gasteiger partial charge in [-0.2, -0.15) is 0 Å². The van der Waals surface area contributed by atoms with Gasteiger partial charge < -0.3 is 29.4 Å². The number of rotatable bonds is 6. The van der Waals surface area contributed by atoms with Gasteiger partial charge in [0.05, 0.1) is 37.6 Å². The van der Waals surface area contributed by atoms with Crippen molar-refractivity contribution in [2.45, 2.75) is 65.8 Å². The molecule has 10 nitrogen and oxygen atoms in total. The number of benzene rings is 2. The molecule has 3 aromatic rings. The van der Waals surface area contributed by atoms with Gasteiger partial charge in [0, 0.05) is 50.4 Å². The predicted octanol–water partition coefficient (Wildman–Crippen LogP) is 4.47. The summed E-state index contributed by atoms with van der Waals surface area (Å²) in [6.45, 7) is 11.2. The summed E-state index contributed by atoms with van der Waals surface area (Å²) in [4.78, 5) is 38.5. The van der Waals surface area contributed by atoms with Crippen molar-refractivity contribution in [3.8, 4) is 17.2 Å². The molecule has 1 saturated heterocycles. The summed E-state index contributed by atoms with van der Waals surface area (Å²) in [5.74, 6) is 2.44. The number of piperidine rings is 1. The molecule has 3 heterocycles. The van der Waals surface area contributed by atoms with Crippen LogP contribution in [0.5, 0.6) is 17.2 Å². The molecule has 0 spiro atoms. The fraction of sp³-hybridized carbons (Fsp3) is 0.485. The third-order valence-corrected chi connectivity index (χ3v) is 7.77. The number of aryl methyl sites for hydroxylation is 2. The van der Waals surface area contributed by atoms with Crippen LogP contribution in [0.25, 0.3) is 0 Å². The molecule has 2 atom stereocenters. The first-order valence-corrected chi connectivity index (χ1v) is 15.1. The Bertz CT molecular complexity index is 1440. The van der Waals surface area contributed by atoms with E-state index in [1.807, 2.05) is 24.3 Å². The Morgan fingerprint density at radius 2 is 1.98 bits per heavy atom. The maximum atomic E-state index is 13.5. The monoisotopic (exact) mass is 589 g/mol. The molecule has 43 heavy (non-hydrogen) atoms. The highest BCUT2D eigenvalue weighted by molar-refractivity contribution is 5.97. The zero-order valence-corrected chi connectivity index (χ0v) is 25.8. The number of amides is 2. The Balaban J connectivity index is 1.39. The van der Waals surface area contributed by atoms with Crippen molar-refractivity contribution in [3.05, 3.63) is 70.8 Å². The van der Waals surface area contributed by atoms with Gasteiger partial charge in [0.15, 0.2) is 0 Å². The lowest BCUT2D eigenvalue weighted by Gasteiger charge is -2.38. The van der Waals surface area contributed by atoms with E-state index < -0.39 is 0 Å². The smallest absolute Gasteiger partial charge is 0.254 e. The molecule has 0 unspecified atom stereocenters. The van der Waals surface area contributed by atoms with Crippen molar-refractivity contribution in [1.29, 1.82) is 0 Å². The van der Waals surface area contributed by atoms with Crippen LogP contribution in [0, 0.1) is 12.8 Å². The molecular weight excluding hydrogens is 546 g/mol. The average molecular weight is 590 g/mol. The molecule has 1 aromatic heterocycles. The van der Waals surface area contributed by atoms with Gasteiger partial charge in [-0.05, 0) is 49.1 Å². The Morgan fingerprint density at radius 3 is 2.74 bits per heavy atom. The molecule has 0 aliphatic carbocycles. The highest BCUT2D eigenvalue weighted by atomic mass is 16.5. The Labute approximate surface area is 253 Å². The Morgan fingerprint density at radius 1 is 1.14 bits per heavy atom. The molecule has 2 aromatic carbocycles. The number of nitrogens with one attached hydrogen (secondary N) is 2. The minimum absolute atomic E-state index is 0.0790. The molecule has 1 fully saturated rings. The molecule has 0 radical (unpaired) electrons. The van der Waals surface area contributed by atoms with Crippen LogP contribution in [-0.2, 0) is 29.1 Å². The second kappa shape index (κ2) is 13.6. The van der Waals surface area contributed by atoms with Gasteiger partial charge in [0.25, 0.3) is 5.91 Å². The van der Waals surface area contributed by atoms with Gasteiger partial charge in [0.2, 0.25) is 5.91 Å². The van der Waals surface area contributed by atoms with Gasteiger partial charge in [-0.25, -0.2) is 4.98 Å². The fourth-order valence-corrected chi connectivity index (χ4v) is 5.45. The second-order valence-corrected chi connectivity index (χ2v) is 12.0. The van der Waals surface area contributed by atoms with Gasteiger partial charge in [-0.3, -0.25) is 14.5 Å². The maximum absolute atomic E-state index is 13.5. The van der Waals surface area contributed by atoms with E-state index in [0.717, 1.165) is 42.2 Å². The molecule has 2 aliphatic heterocycles. The molecule has 2 N–H and O–H groups in total. The number of ether oxygens (including phenoxy) is 3. The standard InChI is InChI=1S/C33H43N5O5/c1-6-31-34-22(4)29(35-31)16-38-11-10-28-30(17-38)42-20-23-8-7-9-25(12-23)43-27-14-24(13-26(15-27)41-19-21(2)3)33(40)37(5)18-32(39)36-28/h7-9,12-15,21,28,30H,6,10-11,16-20H2,1-5H3,(H,34,35)(H,36,39)/t28-,30-/m0/s1. The summed E-state index contributed by atoms with van der Waals surface area (Å²) in [7, 11) is 1.63. The number of nitrogens with zero attached hydrogens (tertiary/aromatic N) is 3. The van der Waals surface area contributed by atoms with Crippen molar-refractivity contribution in [2.75, 3.05) is 33.3 Å². The summed E-state index contributed by atoms with van der Waals surface area (Å²) < 4.78 is 18.7. The molecule has 0 saturated carbocycles. The lowest BCUT2D eigenvalue weighted by atomic mass is 10.0. The van der Waals surface area contributed by atoms with Crippen molar-refractivity contribution < 1.29 is 23.8 Å². The van der Waals surface area contributed by atoms with E-state index in [0.29, 0.717) is 55.0 Å². The van der Waals surface area contributed by atoms with E-state index in [1.54, 1.807) is 25.2 Å². The number of aromatic amines is 1. The summed E-state index contributed by atoms with van der Waals surface area (Å²) >= 11 is 0. The van der Waals surface area contributed by atoms with E-state index in [1.165, 1.54) is 4.90 Å². The number of hydrogen-bond donors (Lipinski definition) is 2. The number of carbonyl (C=O) groups is 2. The molecule has 10 heteroatoms. The first kappa shape index (κ1) is 30.6. The van der Waals surface area contributed by atoms with Crippen LogP contribution >= 0.6 is 0 Å². The number of hydrogen-bond acceptors (Lipinski definition) is 7. The molecule has 4 bridgehead atoms. The van der Waals surface area contributed by atoms with Gasteiger partial charge in [-0.15, -0.1) is 0 Å².